The van der Waals surface area contributed by atoms with Crippen LogP contribution in [0.25, 0.3) is 0 Å². The van der Waals surface area contributed by atoms with E-state index in [1.807, 2.05) is 12.1 Å². The smallest absolute Gasteiger partial charge is 0.126 e. The maximum absolute atomic E-state index is 13.5. The van der Waals surface area contributed by atoms with E-state index in [0.29, 0.717) is 12.0 Å². The van der Waals surface area contributed by atoms with Gasteiger partial charge >= 0.3 is 0 Å². The van der Waals surface area contributed by atoms with Crippen LogP contribution < -0.4 is 5.32 Å². The lowest BCUT2D eigenvalue weighted by Gasteiger charge is -2.24. The van der Waals surface area contributed by atoms with Crippen molar-refractivity contribution in [3.05, 3.63) is 35.6 Å². The first-order chi connectivity index (χ1) is 8.19. The third kappa shape index (κ3) is 4.47. The highest BCUT2D eigenvalue weighted by Gasteiger charge is 2.16. The predicted octanol–water partition coefficient (Wildman–Crippen LogP) is 3.78. The Morgan fingerprint density at radius 1 is 1.24 bits per heavy atom. The SMILES string of the molecule is CCCNC(CC)C(C)Cc1ccccc1F. The quantitative estimate of drug-likeness (QED) is 0.761. The van der Waals surface area contributed by atoms with Crippen LogP contribution in [0.5, 0.6) is 0 Å². The van der Waals surface area contributed by atoms with Crippen molar-refractivity contribution in [1.29, 1.82) is 0 Å². The zero-order valence-corrected chi connectivity index (χ0v) is 11.2. The molecule has 96 valence electrons. The molecule has 0 aliphatic carbocycles. The van der Waals surface area contributed by atoms with Gasteiger partial charge in [-0.2, -0.15) is 0 Å². The van der Waals surface area contributed by atoms with Crippen molar-refractivity contribution in [1.82, 2.24) is 5.32 Å². The van der Waals surface area contributed by atoms with E-state index < -0.39 is 0 Å². The molecule has 0 aliphatic heterocycles. The minimum atomic E-state index is -0.0790. The molecule has 0 amide bonds. The van der Waals surface area contributed by atoms with Crippen LogP contribution in [0.15, 0.2) is 24.3 Å². The standard InChI is InChI=1S/C15H24FN/c1-4-10-17-15(5-2)12(3)11-13-8-6-7-9-14(13)16/h6-9,12,15,17H,4-5,10-11H2,1-3H3. The summed E-state index contributed by atoms with van der Waals surface area (Å²) in [6, 6.07) is 7.57. The van der Waals surface area contributed by atoms with E-state index in [1.54, 1.807) is 12.1 Å². The zero-order valence-electron chi connectivity index (χ0n) is 11.2. The van der Waals surface area contributed by atoms with Gasteiger partial charge in [0.25, 0.3) is 0 Å². The van der Waals surface area contributed by atoms with Crippen LogP contribution in [-0.2, 0) is 6.42 Å². The van der Waals surface area contributed by atoms with Gasteiger partial charge in [0.05, 0.1) is 0 Å². The number of rotatable bonds is 7. The van der Waals surface area contributed by atoms with Crippen molar-refractivity contribution in [2.24, 2.45) is 5.92 Å². The Balaban J connectivity index is 2.57. The summed E-state index contributed by atoms with van der Waals surface area (Å²) in [5.41, 5.74) is 0.830. The second-order valence-corrected chi connectivity index (χ2v) is 4.74. The fraction of sp³-hybridized carbons (Fsp3) is 0.600. The average molecular weight is 237 g/mol. The minimum Gasteiger partial charge on any atom is -0.314 e. The first-order valence-corrected chi connectivity index (χ1v) is 6.65. The van der Waals surface area contributed by atoms with Crippen molar-refractivity contribution < 1.29 is 4.39 Å². The Labute approximate surface area is 104 Å². The number of halogens is 1. The second kappa shape index (κ2) is 7.44. The summed E-state index contributed by atoms with van der Waals surface area (Å²) in [4.78, 5) is 0. The lowest BCUT2D eigenvalue weighted by molar-refractivity contribution is 0.361. The second-order valence-electron chi connectivity index (χ2n) is 4.74. The van der Waals surface area contributed by atoms with Gasteiger partial charge < -0.3 is 5.32 Å². The molecule has 0 saturated heterocycles. The molecule has 2 heteroatoms. The van der Waals surface area contributed by atoms with E-state index in [-0.39, 0.29) is 5.82 Å². The van der Waals surface area contributed by atoms with Crippen LogP contribution in [-0.4, -0.2) is 12.6 Å². The van der Waals surface area contributed by atoms with Crippen molar-refractivity contribution >= 4 is 0 Å². The summed E-state index contributed by atoms with van der Waals surface area (Å²) in [7, 11) is 0. The van der Waals surface area contributed by atoms with Gasteiger partial charge in [0.1, 0.15) is 5.82 Å². The molecule has 0 heterocycles. The highest BCUT2D eigenvalue weighted by molar-refractivity contribution is 5.18. The maximum Gasteiger partial charge on any atom is 0.126 e. The van der Waals surface area contributed by atoms with Crippen LogP contribution in [0.4, 0.5) is 4.39 Å². The highest BCUT2D eigenvalue weighted by atomic mass is 19.1. The summed E-state index contributed by atoms with van der Waals surface area (Å²) in [5.74, 6) is 0.383. The normalized spacial score (nSPS) is 14.6. The molecule has 0 aromatic heterocycles. The molecular weight excluding hydrogens is 213 g/mol. The van der Waals surface area contributed by atoms with E-state index in [9.17, 15) is 4.39 Å². The lowest BCUT2D eigenvalue weighted by atomic mass is 9.92. The Hall–Kier alpha value is -0.890. The Bertz CT molecular complexity index is 324. The van der Waals surface area contributed by atoms with Crippen LogP contribution in [0, 0.1) is 11.7 Å². The summed E-state index contributed by atoms with van der Waals surface area (Å²) in [5, 5.41) is 3.54. The number of nitrogens with one attached hydrogen (secondary N) is 1. The monoisotopic (exact) mass is 237 g/mol. The first kappa shape index (κ1) is 14.2. The molecule has 1 rings (SSSR count). The Kier molecular flexibility index (Phi) is 6.20. The predicted molar refractivity (Wildman–Crippen MR) is 71.6 cm³/mol. The van der Waals surface area contributed by atoms with Gasteiger partial charge in [-0.25, -0.2) is 4.39 Å². The summed E-state index contributed by atoms with van der Waals surface area (Å²) in [6.45, 7) is 7.59. The van der Waals surface area contributed by atoms with Gasteiger partial charge in [0.15, 0.2) is 0 Å². The van der Waals surface area contributed by atoms with Gasteiger partial charge in [0.2, 0.25) is 0 Å². The molecule has 0 spiro atoms. The molecular formula is C15H24FN. The van der Waals surface area contributed by atoms with Gasteiger partial charge in [-0.3, -0.25) is 0 Å². The van der Waals surface area contributed by atoms with Crippen molar-refractivity contribution in [3.8, 4) is 0 Å². The fourth-order valence-corrected chi connectivity index (χ4v) is 2.23. The molecule has 0 fully saturated rings. The first-order valence-electron chi connectivity index (χ1n) is 6.65. The molecule has 1 aromatic carbocycles. The third-order valence-electron chi connectivity index (χ3n) is 3.28. The van der Waals surface area contributed by atoms with Gasteiger partial charge in [-0.15, -0.1) is 0 Å². The van der Waals surface area contributed by atoms with E-state index in [4.69, 9.17) is 0 Å². The van der Waals surface area contributed by atoms with Crippen LogP contribution in [0.2, 0.25) is 0 Å². The van der Waals surface area contributed by atoms with E-state index in [2.05, 4.69) is 26.1 Å². The van der Waals surface area contributed by atoms with Crippen LogP contribution >= 0.6 is 0 Å². The fourth-order valence-electron chi connectivity index (χ4n) is 2.23. The molecule has 0 radical (unpaired) electrons. The zero-order chi connectivity index (χ0) is 12.7. The van der Waals surface area contributed by atoms with Gasteiger partial charge in [-0.05, 0) is 43.4 Å². The molecule has 2 atom stereocenters. The molecule has 17 heavy (non-hydrogen) atoms. The molecule has 1 aromatic rings. The molecule has 0 bridgehead atoms. The van der Waals surface area contributed by atoms with Crippen LogP contribution in [0.3, 0.4) is 0 Å². The molecule has 2 unspecified atom stereocenters. The summed E-state index contributed by atoms with van der Waals surface area (Å²) >= 11 is 0. The summed E-state index contributed by atoms with van der Waals surface area (Å²) in [6.07, 6.45) is 3.04. The molecule has 0 aliphatic rings. The van der Waals surface area contributed by atoms with Gasteiger partial charge in [0, 0.05) is 6.04 Å². The topological polar surface area (TPSA) is 12.0 Å². The minimum absolute atomic E-state index is 0.0790. The van der Waals surface area contributed by atoms with Crippen molar-refractivity contribution in [2.45, 2.75) is 46.1 Å². The maximum atomic E-state index is 13.5. The van der Waals surface area contributed by atoms with E-state index in [0.717, 1.165) is 31.4 Å². The largest absolute Gasteiger partial charge is 0.314 e. The van der Waals surface area contributed by atoms with Crippen molar-refractivity contribution in [2.75, 3.05) is 6.54 Å². The summed E-state index contributed by atoms with van der Waals surface area (Å²) < 4.78 is 13.5. The highest BCUT2D eigenvalue weighted by Crippen LogP contribution is 2.16. The van der Waals surface area contributed by atoms with E-state index in [1.165, 1.54) is 0 Å². The lowest BCUT2D eigenvalue weighted by Crippen LogP contribution is -2.36. The van der Waals surface area contributed by atoms with E-state index >= 15 is 0 Å². The van der Waals surface area contributed by atoms with Crippen molar-refractivity contribution in [3.63, 3.8) is 0 Å². The number of hydrogen-bond donors (Lipinski definition) is 1. The number of hydrogen-bond acceptors (Lipinski definition) is 1. The Morgan fingerprint density at radius 2 is 1.94 bits per heavy atom. The Morgan fingerprint density at radius 3 is 2.53 bits per heavy atom. The van der Waals surface area contributed by atoms with Gasteiger partial charge in [-0.1, -0.05) is 39.0 Å². The molecule has 0 saturated carbocycles. The molecule has 1 N–H and O–H groups in total. The average Bonchev–Trinajstić information content (AvgIpc) is 2.33. The third-order valence-corrected chi connectivity index (χ3v) is 3.28. The number of benzene rings is 1. The molecule has 1 nitrogen and oxygen atoms in total. The van der Waals surface area contributed by atoms with Crippen LogP contribution in [0.1, 0.15) is 39.2 Å².